The largest absolute Gasteiger partial charge is 0.478 e. The number of hydrogen-bond donors (Lipinski definition) is 2. The van der Waals surface area contributed by atoms with E-state index in [0.29, 0.717) is 28.8 Å². The van der Waals surface area contributed by atoms with Crippen molar-refractivity contribution in [2.75, 3.05) is 0 Å². The van der Waals surface area contributed by atoms with Gasteiger partial charge in [-0.1, -0.05) is 59.8 Å². The highest BCUT2D eigenvalue weighted by atomic mass is 16.6. The third kappa shape index (κ3) is 4.73. The van der Waals surface area contributed by atoms with Crippen LogP contribution in [0, 0.1) is 0 Å². The van der Waals surface area contributed by atoms with E-state index in [-0.39, 0.29) is 17.5 Å². The molecule has 0 aliphatic carbocycles. The lowest BCUT2D eigenvalue weighted by Gasteiger charge is -2.16. The Morgan fingerprint density at radius 3 is 2.54 bits per heavy atom. The summed E-state index contributed by atoms with van der Waals surface area (Å²) in [5.74, 6) is -1.30. The summed E-state index contributed by atoms with van der Waals surface area (Å²) in [6.07, 6.45) is 5.64. The zero-order valence-electron chi connectivity index (χ0n) is 20.9. The lowest BCUT2D eigenvalue weighted by atomic mass is 9.99. The molecule has 0 bridgehead atoms. The number of benzene rings is 3. The Hall–Kier alpha value is -5.31. The van der Waals surface area contributed by atoms with Crippen LogP contribution in [0.1, 0.15) is 50.4 Å². The van der Waals surface area contributed by atoms with E-state index in [0.717, 1.165) is 27.5 Å². The number of pyridine rings is 1. The maximum Gasteiger partial charge on any atom is 0.335 e. The maximum absolute atomic E-state index is 13.7. The van der Waals surface area contributed by atoms with E-state index >= 15 is 0 Å². The number of fused-ring (bicyclic) bond motifs is 2. The minimum Gasteiger partial charge on any atom is -0.478 e. The van der Waals surface area contributed by atoms with Crippen LogP contribution in [0.3, 0.4) is 0 Å². The van der Waals surface area contributed by atoms with Crippen LogP contribution in [0.5, 0.6) is 0 Å². The molecule has 1 atom stereocenters. The lowest BCUT2D eigenvalue weighted by Crippen LogP contribution is -2.27. The van der Waals surface area contributed by atoms with Crippen molar-refractivity contribution in [2.24, 2.45) is 0 Å². The monoisotopic (exact) mass is 517 g/mol. The fourth-order valence-corrected chi connectivity index (χ4v) is 4.76. The Kier molecular flexibility index (Phi) is 6.08. The highest BCUT2D eigenvalue weighted by molar-refractivity contribution is 6.03. The first-order valence-electron chi connectivity index (χ1n) is 12.4. The van der Waals surface area contributed by atoms with Gasteiger partial charge in [-0.05, 0) is 52.2 Å². The smallest absolute Gasteiger partial charge is 0.335 e. The second kappa shape index (κ2) is 9.86. The number of aromatic nitrogens is 4. The normalized spacial score (nSPS) is 12.0. The third-order valence-electron chi connectivity index (χ3n) is 6.80. The number of carbonyl (C=O) groups excluding carboxylic acids is 1. The molecule has 0 saturated heterocycles. The molecular formula is C30H23N5O4. The van der Waals surface area contributed by atoms with Crippen molar-refractivity contribution in [2.45, 2.75) is 19.4 Å². The second-order valence-electron chi connectivity index (χ2n) is 9.38. The van der Waals surface area contributed by atoms with E-state index in [1.165, 1.54) is 18.3 Å². The van der Waals surface area contributed by atoms with Gasteiger partial charge in [-0.3, -0.25) is 4.79 Å². The number of hydrogen-bond acceptors (Lipinski definition) is 6. The summed E-state index contributed by atoms with van der Waals surface area (Å²) in [4.78, 5) is 24.9. The summed E-state index contributed by atoms with van der Waals surface area (Å²) in [7, 11) is 0. The SMILES string of the molecule is C[C@H](NC(=O)c1cc(-c2cnon2)cn2ncc(Cc3ccc4ccccc4c3)c12)c1ccc(C(=O)O)cc1. The number of nitrogens with one attached hydrogen (secondary N) is 1. The number of amides is 1. The van der Waals surface area contributed by atoms with Gasteiger partial charge in [0.15, 0.2) is 0 Å². The summed E-state index contributed by atoms with van der Waals surface area (Å²) in [5, 5.41) is 26.7. The molecule has 1 amide bonds. The van der Waals surface area contributed by atoms with Crippen LogP contribution < -0.4 is 5.32 Å². The fourth-order valence-electron chi connectivity index (χ4n) is 4.76. The van der Waals surface area contributed by atoms with Gasteiger partial charge in [-0.25, -0.2) is 13.9 Å². The first-order chi connectivity index (χ1) is 19.0. The summed E-state index contributed by atoms with van der Waals surface area (Å²) >= 11 is 0. The number of carboxylic acids is 1. The fraction of sp³-hybridized carbons (Fsp3) is 0.100. The number of carbonyl (C=O) groups is 2. The van der Waals surface area contributed by atoms with Gasteiger partial charge in [0.25, 0.3) is 5.91 Å². The quantitative estimate of drug-likeness (QED) is 0.294. The molecule has 6 rings (SSSR count). The predicted octanol–water partition coefficient (Wildman–Crippen LogP) is 5.32. The molecule has 192 valence electrons. The van der Waals surface area contributed by atoms with E-state index in [4.69, 9.17) is 4.63 Å². The molecule has 0 aliphatic rings. The molecule has 3 aromatic heterocycles. The number of rotatable bonds is 7. The van der Waals surface area contributed by atoms with Crippen molar-refractivity contribution >= 4 is 28.2 Å². The zero-order valence-corrected chi connectivity index (χ0v) is 20.9. The molecule has 6 aromatic rings. The van der Waals surface area contributed by atoms with Crippen molar-refractivity contribution in [3.05, 3.63) is 119 Å². The Bertz CT molecular complexity index is 1820. The van der Waals surface area contributed by atoms with Crippen LogP contribution in [0.25, 0.3) is 27.5 Å². The van der Waals surface area contributed by atoms with Gasteiger partial charge >= 0.3 is 5.97 Å². The maximum atomic E-state index is 13.7. The second-order valence-corrected chi connectivity index (χ2v) is 9.38. The van der Waals surface area contributed by atoms with Crippen molar-refractivity contribution in [3.8, 4) is 11.3 Å². The Morgan fingerprint density at radius 1 is 1.00 bits per heavy atom. The standard InChI is InChI=1S/C30H23N5O4/c1-18(20-8-10-22(11-9-20)30(37)38)33-29(36)26-14-25(27-16-32-39-34-27)17-35-28(26)24(15-31-35)13-19-6-7-21-4-2-3-5-23(21)12-19/h2-12,14-18H,13H2,1H3,(H,33,36)(H,37,38)/t18-/m0/s1. The zero-order chi connectivity index (χ0) is 26.9. The Balaban J connectivity index is 1.38. The van der Waals surface area contributed by atoms with Crippen LogP contribution in [0.4, 0.5) is 0 Å². The van der Waals surface area contributed by atoms with Gasteiger partial charge in [-0.15, -0.1) is 0 Å². The van der Waals surface area contributed by atoms with Crippen LogP contribution in [0.15, 0.2) is 96.0 Å². The van der Waals surface area contributed by atoms with E-state index in [9.17, 15) is 14.7 Å². The predicted molar refractivity (Wildman–Crippen MR) is 145 cm³/mol. The van der Waals surface area contributed by atoms with Crippen LogP contribution in [-0.2, 0) is 6.42 Å². The first-order valence-corrected chi connectivity index (χ1v) is 12.4. The molecule has 9 heteroatoms. The summed E-state index contributed by atoms with van der Waals surface area (Å²) in [6, 6.07) is 22.4. The van der Waals surface area contributed by atoms with E-state index in [2.05, 4.69) is 51.1 Å². The molecular weight excluding hydrogens is 494 g/mol. The average molecular weight is 518 g/mol. The van der Waals surface area contributed by atoms with Crippen molar-refractivity contribution < 1.29 is 19.3 Å². The van der Waals surface area contributed by atoms with Gasteiger partial charge in [0, 0.05) is 23.7 Å². The topological polar surface area (TPSA) is 123 Å². The van der Waals surface area contributed by atoms with Crippen molar-refractivity contribution in [3.63, 3.8) is 0 Å². The van der Waals surface area contributed by atoms with Crippen molar-refractivity contribution in [1.82, 2.24) is 25.2 Å². The molecule has 0 radical (unpaired) electrons. The first kappa shape index (κ1) is 24.1. The molecule has 3 heterocycles. The lowest BCUT2D eigenvalue weighted by molar-refractivity contribution is 0.0696. The van der Waals surface area contributed by atoms with Gasteiger partial charge in [0.1, 0.15) is 5.69 Å². The van der Waals surface area contributed by atoms with Gasteiger partial charge in [0.2, 0.25) is 0 Å². The average Bonchev–Trinajstić information content (AvgIpc) is 3.63. The number of nitrogens with zero attached hydrogens (tertiary/aromatic N) is 4. The van der Waals surface area contributed by atoms with Gasteiger partial charge < -0.3 is 10.4 Å². The molecule has 0 spiro atoms. The Morgan fingerprint density at radius 2 is 1.79 bits per heavy atom. The molecule has 9 nitrogen and oxygen atoms in total. The minimum absolute atomic E-state index is 0.186. The van der Waals surface area contributed by atoms with Crippen molar-refractivity contribution in [1.29, 1.82) is 0 Å². The molecule has 0 fully saturated rings. The molecule has 39 heavy (non-hydrogen) atoms. The molecule has 3 aromatic carbocycles. The molecule has 0 aliphatic heterocycles. The van der Waals surface area contributed by atoms with E-state index < -0.39 is 5.97 Å². The summed E-state index contributed by atoms with van der Waals surface area (Å²) < 4.78 is 6.46. The van der Waals surface area contributed by atoms with Gasteiger partial charge in [-0.2, -0.15) is 5.10 Å². The number of aromatic carboxylic acids is 1. The highest BCUT2D eigenvalue weighted by Crippen LogP contribution is 2.27. The molecule has 0 unspecified atom stereocenters. The van der Waals surface area contributed by atoms with E-state index in [1.807, 2.05) is 19.1 Å². The van der Waals surface area contributed by atoms with Crippen LogP contribution in [-0.4, -0.2) is 36.9 Å². The summed E-state index contributed by atoms with van der Waals surface area (Å²) in [5.41, 5.74) is 5.21. The summed E-state index contributed by atoms with van der Waals surface area (Å²) in [6.45, 7) is 1.85. The van der Waals surface area contributed by atoms with Crippen LogP contribution in [0.2, 0.25) is 0 Å². The Labute approximate surface area is 222 Å². The third-order valence-corrected chi connectivity index (χ3v) is 6.80. The minimum atomic E-state index is -1.00. The van der Waals surface area contributed by atoms with Gasteiger partial charge in [0.05, 0.1) is 35.1 Å². The molecule has 2 N–H and O–H groups in total. The number of carboxylic acid groups (broad SMARTS) is 1. The van der Waals surface area contributed by atoms with Crippen LogP contribution >= 0.6 is 0 Å². The van der Waals surface area contributed by atoms with E-state index in [1.54, 1.807) is 35.1 Å². The molecule has 0 saturated carbocycles. The highest BCUT2D eigenvalue weighted by Gasteiger charge is 2.21.